The Bertz CT molecular complexity index is 1080. The quantitative estimate of drug-likeness (QED) is 0.654. The van der Waals surface area contributed by atoms with E-state index in [-0.39, 0.29) is 11.9 Å². The maximum absolute atomic E-state index is 12.2. The fourth-order valence-electron chi connectivity index (χ4n) is 4.55. The van der Waals surface area contributed by atoms with Crippen LogP contribution < -0.4 is 4.90 Å². The maximum Gasteiger partial charge on any atom is 0.256 e. The minimum atomic E-state index is -0.105. The molecule has 10 heteroatoms. The zero-order chi connectivity index (χ0) is 20.8. The second kappa shape index (κ2) is 7.19. The highest BCUT2D eigenvalue weighted by molar-refractivity contribution is 5.93. The van der Waals surface area contributed by atoms with Crippen LogP contribution in [0.5, 0.6) is 0 Å². The fourth-order valence-corrected chi connectivity index (χ4v) is 4.55. The van der Waals surface area contributed by atoms with Gasteiger partial charge in [0.15, 0.2) is 11.6 Å². The molecule has 1 atom stereocenters. The summed E-state index contributed by atoms with van der Waals surface area (Å²) in [6.45, 7) is 2.17. The van der Waals surface area contributed by atoms with Crippen molar-refractivity contribution in [2.45, 2.75) is 51.1 Å². The summed E-state index contributed by atoms with van der Waals surface area (Å²) in [5.74, 6) is 2.15. The van der Waals surface area contributed by atoms with Crippen LogP contribution >= 0.6 is 0 Å². The number of hydrogen-bond acceptors (Lipinski definition) is 7. The first-order valence-electron chi connectivity index (χ1n) is 10.4. The Labute approximate surface area is 174 Å². The van der Waals surface area contributed by atoms with Crippen LogP contribution in [0, 0.1) is 0 Å². The predicted octanol–water partition coefficient (Wildman–Crippen LogP) is 2.16. The van der Waals surface area contributed by atoms with E-state index in [4.69, 9.17) is 4.98 Å². The molecule has 0 spiro atoms. The second-order valence-corrected chi connectivity index (χ2v) is 8.08. The van der Waals surface area contributed by atoms with E-state index in [9.17, 15) is 4.79 Å². The minimum absolute atomic E-state index is 0.105. The lowest BCUT2D eigenvalue weighted by Gasteiger charge is -2.40. The average Bonchev–Trinajstić information content (AvgIpc) is 3.52. The fraction of sp³-hybridized carbons (Fsp3) is 0.500. The van der Waals surface area contributed by atoms with Crippen LogP contribution in [0.3, 0.4) is 0 Å². The Balaban J connectivity index is 1.61. The van der Waals surface area contributed by atoms with Gasteiger partial charge in [0.1, 0.15) is 12.0 Å². The van der Waals surface area contributed by atoms with Crippen molar-refractivity contribution in [3.63, 3.8) is 0 Å². The van der Waals surface area contributed by atoms with E-state index in [1.807, 2.05) is 4.57 Å². The molecule has 1 fully saturated rings. The highest BCUT2D eigenvalue weighted by atomic mass is 16.2. The Morgan fingerprint density at radius 3 is 2.77 bits per heavy atom. The van der Waals surface area contributed by atoms with Crippen molar-refractivity contribution in [3.05, 3.63) is 36.3 Å². The van der Waals surface area contributed by atoms with E-state index < -0.39 is 0 Å². The SMILES string of the molecule is CC[C@@H]1c2nncn2-c2cnc(-n3cc(C(=O)N(C)C)cn3)nc2N1C1CCCC1. The normalized spacial score (nSPS) is 18.4. The molecular weight excluding hydrogens is 382 g/mol. The molecule has 1 aliphatic carbocycles. The molecule has 0 radical (unpaired) electrons. The molecule has 0 N–H and O–H groups in total. The molecular formula is C20H25N9O. The first kappa shape index (κ1) is 18.7. The number of carbonyl (C=O) groups is 1. The molecule has 1 amide bonds. The third-order valence-electron chi connectivity index (χ3n) is 5.99. The summed E-state index contributed by atoms with van der Waals surface area (Å²) in [5, 5.41) is 12.9. The van der Waals surface area contributed by atoms with Gasteiger partial charge in [-0.1, -0.05) is 19.8 Å². The van der Waals surface area contributed by atoms with Gasteiger partial charge in [-0.15, -0.1) is 10.2 Å². The molecule has 156 valence electrons. The van der Waals surface area contributed by atoms with Gasteiger partial charge in [0.05, 0.1) is 24.0 Å². The van der Waals surface area contributed by atoms with Crippen molar-refractivity contribution >= 4 is 11.7 Å². The monoisotopic (exact) mass is 407 g/mol. The summed E-state index contributed by atoms with van der Waals surface area (Å²) in [6, 6.07) is 0.541. The van der Waals surface area contributed by atoms with Gasteiger partial charge in [0.2, 0.25) is 0 Å². The van der Waals surface area contributed by atoms with Gasteiger partial charge in [-0.3, -0.25) is 9.36 Å². The van der Waals surface area contributed by atoms with Gasteiger partial charge >= 0.3 is 0 Å². The average molecular weight is 407 g/mol. The Morgan fingerprint density at radius 2 is 2.03 bits per heavy atom. The predicted molar refractivity (Wildman–Crippen MR) is 110 cm³/mol. The van der Waals surface area contributed by atoms with E-state index in [2.05, 4.69) is 32.1 Å². The van der Waals surface area contributed by atoms with Gasteiger partial charge in [0.25, 0.3) is 11.9 Å². The van der Waals surface area contributed by atoms with Crippen molar-refractivity contribution in [3.8, 4) is 11.6 Å². The number of anilines is 1. The van der Waals surface area contributed by atoms with Crippen molar-refractivity contribution < 1.29 is 4.79 Å². The number of aromatic nitrogens is 7. The van der Waals surface area contributed by atoms with E-state index in [1.165, 1.54) is 17.7 Å². The Hall–Kier alpha value is -3.30. The largest absolute Gasteiger partial charge is 0.345 e. The molecule has 30 heavy (non-hydrogen) atoms. The van der Waals surface area contributed by atoms with E-state index >= 15 is 0 Å². The van der Waals surface area contributed by atoms with E-state index in [0.717, 1.165) is 36.6 Å². The van der Waals surface area contributed by atoms with Gasteiger partial charge in [-0.2, -0.15) is 10.1 Å². The lowest BCUT2D eigenvalue weighted by molar-refractivity contribution is 0.0827. The van der Waals surface area contributed by atoms with E-state index in [1.54, 1.807) is 43.7 Å². The molecule has 10 nitrogen and oxygen atoms in total. The molecule has 0 bridgehead atoms. The topological polar surface area (TPSA) is 97.9 Å². The van der Waals surface area contributed by atoms with Crippen LogP contribution in [-0.2, 0) is 0 Å². The highest BCUT2D eigenvalue weighted by Crippen LogP contribution is 2.42. The molecule has 0 saturated heterocycles. The minimum Gasteiger partial charge on any atom is -0.345 e. The lowest BCUT2D eigenvalue weighted by atomic mass is 10.0. The van der Waals surface area contributed by atoms with Gasteiger partial charge in [0, 0.05) is 26.3 Å². The summed E-state index contributed by atoms with van der Waals surface area (Å²) >= 11 is 0. The summed E-state index contributed by atoms with van der Waals surface area (Å²) in [4.78, 5) is 25.6. The van der Waals surface area contributed by atoms with Crippen LogP contribution in [0.2, 0.25) is 0 Å². The standard InChI is InChI=1S/C20H25N9O/c1-4-15-18-25-22-12-27(18)16-10-21-20(24-17(16)29(15)14-7-5-6-8-14)28-11-13(9-23-28)19(30)26(2)3/h9-12,14-15H,4-8H2,1-3H3/t15-/m1/s1. The third kappa shape index (κ3) is 2.86. The molecule has 1 saturated carbocycles. The summed E-state index contributed by atoms with van der Waals surface area (Å²) in [7, 11) is 3.44. The Kier molecular flexibility index (Phi) is 4.48. The second-order valence-electron chi connectivity index (χ2n) is 8.08. The zero-order valence-electron chi connectivity index (χ0n) is 17.4. The van der Waals surface area contributed by atoms with Crippen molar-refractivity contribution in [1.29, 1.82) is 0 Å². The molecule has 5 rings (SSSR count). The van der Waals surface area contributed by atoms with E-state index in [0.29, 0.717) is 17.6 Å². The summed E-state index contributed by atoms with van der Waals surface area (Å²) in [6.07, 6.45) is 12.4. The third-order valence-corrected chi connectivity index (χ3v) is 5.99. The van der Waals surface area contributed by atoms with Gasteiger partial charge in [-0.25, -0.2) is 9.67 Å². The molecule has 0 aromatic carbocycles. The van der Waals surface area contributed by atoms with Crippen LogP contribution in [0.25, 0.3) is 11.6 Å². The number of nitrogens with zero attached hydrogens (tertiary/aromatic N) is 9. The van der Waals surface area contributed by atoms with Crippen LogP contribution in [-0.4, -0.2) is 65.5 Å². The zero-order valence-corrected chi connectivity index (χ0v) is 17.4. The van der Waals surface area contributed by atoms with Crippen LogP contribution in [0.15, 0.2) is 24.9 Å². The van der Waals surface area contributed by atoms with Crippen molar-refractivity contribution in [2.24, 2.45) is 0 Å². The number of carbonyl (C=O) groups excluding carboxylic acids is 1. The first-order valence-corrected chi connectivity index (χ1v) is 10.4. The number of fused-ring (bicyclic) bond motifs is 3. The number of amides is 1. The molecule has 3 aromatic heterocycles. The smallest absolute Gasteiger partial charge is 0.256 e. The maximum atomic E-state index is 12.2. The van der Waals surface area contributed by atoms with Gasteiger partial charge < -0.3 is 9.80 Å². The molecule has 0 unspecified atom stereocenters. The lowest BCUT2D eigenvalue weighted by Crippen LogP contribution is -2.42. The number of rotatable bonds is 4. The summed E-state index contributed by atoms with van der Waals surface area (Å²) in [5.41, 5.74) is 1.38. The molecule has 4 heterocycles. The van der Waals surface area contributed by atoms with Crippen LogP contribution in [0.1, 0.15) is 61.3 Å². The highest BCUT2D eigenvalue weighted by Gasteiger charge is 2.38. The number of hydrogen-bond donors (Lipinski definition) is 0. The van der Waals surface area contributed by atoms with Gasteiger partial charge in [-0.05, 0) is 19.3 Å². The Morgan fingerprint density at radius 1 is 1.23 bits per heavy atom. The first-order chi connectivity index (χ1) is 14.6. The van der Waals surface area contributed by atoms with Crippen molar-refractivity contribution in [1.82, 2.24) is 39.4 Å². The van der Waals surface area contributed by atoms with Crippen molar-refractivity contribution in [2.75, 3.05) is 19.0 Å². The molecule has 2 aliphatic rings. The van der Waals surface area contributed by atoms with Crippen LogP contribution in [0.4, 0.5) is 5.82 Å². The molecule has 1 aliphatic heterocycles. The molecule has 3 aromatic rings. The summed E-state index contributed by atoms with van der Waals surface area (Å²) < 4.78 is 3.55.